The van der Waals surface area contributed by atoms with Gasteiger partial charge in [-0.25, -0.2) is 4.79 Å². The SMILES string of the molecule is CCCCCN(C(=O)C(CC(C)C)NC(=O)OC(C)(C)C)C(C(=O)Nc1c(C)cccc1C)c1ccccc1C. The van der Waals surface area contributed by atoms with Crippen LogP contribution in [0.2, 0.25) is 0 Å². The molecule has 0 fully saturated rings. The number of amides is 3. The number of alkyl carbamates (subject to hydrolysis) is 1. The molecule has 0 radical (unpaired) electrons. The van der Waals surface area contributed by atoms with E-state index in [9.17, 15) is 14.4 Å². The molecule has 7 heteroatoms. The van der Waals surface area contributed by atoms with Gasteiger partial charge in [-0.15, -0.1) is 0 Å². The molecule has 2 atom stereocenters. The number of carbonyl (C=O) groups excluding carboxylic acids is 3. The molecule has 0 spiro atoms. The van der Waals surface area contributed by atoms with Crippen molar-refractivity contribution in [2.45, 2.75) is 106 Å². The van der Waals surface area contributed by atoms with E-state index in [-0.39, 0.29) is 17.7 Å². The minimum Gasteiger partial charge on any atom is -0.444 e. The largest absolute Gasteiger partial charge is 0.444 e. The van der Waals surface area contributed by atoms with Gasteiger partial charge in [0.2, 0.25) is 5.91 Å². The number of unbranched alkanes of at least 4 members (excludes halogenated alkanes) is 2. The molecule has 220 valence electrons. The molecule has 40 heavy (non-hydrogen) atoms. The summed E-state index contributed by atoms with van der Waals surface area (Å²) in [4.78, 5) is 43.0. The minimum absolute atomic E-state index is 0.127. The summed E-state index contributed by atoms with van der Waals surface area (Å²) in [6.45, 7) is 17.7. The molecule has 3 amide bonds. The summed E-state index contributed by atoms with van der Waals surface area (Å²) in [7, 11) is 0. The van der Waals surface area contributed by atoms with E-state index in [2.05, 4.69) is 17.6 Å². The van der Waals surface area contributed by atoms with E-state index in [1.54, 1.807) is 25.7 Å². The van der Waals surface area contributed by atoms with E-state index in [0.717, 1.165) is 47.2 Å². The van der Waals surface area contributed by atoms with Crippen LogP contribution in [-0.2, 0) is 14.3 Å². The summed E-state index contributed by atoms with van der Waals surface area (Å²) in [5, 5.41) is 5.96. The zero-order chi connectivity index (χ0) is 30.0. The number of nitrogens with one attached hydrogen (secondary N) is 2. The maximum atomic E-state index is 14.4. The highest BCUT2D eigenvalue weighted by atomic mass is 16.6. The topological polar surface area (TPSA) is 87.7 Å². The van der Waals surface area contributed by atoms with Crippen molar-refractivity contribution in [1.29, 1.82) is 0 Å². The van der Waals surface area contributed by atoms with Crippen molar-refractivity contribution in [3.8, 4) is 0 Å². The molecule has 2 rings (SSSR count). The number of benzene rings is 2. The summed E-state index contributed by atoms with van der Waals surface area (Å²) >= 11 is 0. The number of rotatable bonds is 12. The van der Waals surface area contributed by atoms with Crippen LogP contribution in [0.5, 0.6) is 0 Å². The van der Waals surface area contributed by atoms with Gasteiger partial charge in [-0.1, -0.05) is 76.1 Å². The van der Waals surface area contributed by atoms with Gasteiger partial charge in [0.15, 0.2) is 0 Å². The summed E-state index contributed by atoms with van der Waals surface area (Å²) in [6, 6.07) is 11.8. The van der Waals surface area contributed by atoms with Gasteiger partial charge in [0.05, 0.1) is 0 Å². The average molecular weight is 552 g/mol. The fraction of sp³-hybridized carbons (Fsp3) is 0.545. The Morgan fingerprint density at radius 1 is 0.900 bits per heavy atom. The van der Waals surface area contributed by atoms with Crippen LogP contribution in [0, 0.1) is 26.7 Å². The molecule has 2 aromatic rings. The van der Waals surface area contributed by atoms with Crippen LogP contribution in [0.25, 0.3) is 0 Å². The second kappa shape index (κ2) is 14.9. The van der Waals surface area contributed by atoms with Gasteiger partial charge in [0.1, 0.15) is 17.7 Å². The van der Waals surface area contributed by atoms with Crippen LogP contribution in [0.1, 0.15) is 95.5 Å². The molecule has 0 aliphatic heterocycles. The van der Waals surface area contributed by atoms with Gasteiger partial charge in [-0.2, -0.15) is 0 Å². The van der Waals surface area contributed by atoms with Gasteiger partial charge < -0.3 is 20.3 Å². The molecule has 0 saturated carbocycles. The fourth-order valence-electron chi connectivity index (χ4n) is 4.79. The van der Waals surface area contributed by atoms with Crippen LogP contribution < -0.4 is 10.6 Å². The van der Waals surface area contributed by atoms with E-state index < -0.39 is 23.8 Å². The van der Waals surface area contributed by atoms with Crippen LogP contribution >= 0.6 is 0 Å². The number of carbonyl (C=O) groups is 3. The highest BCUT2D eigenvalue weighted by molar-refractivity contribution is 6.00. The zero-order valence-corrected chi connectivity index (χ0v) is 25.9. The minimum atomic E-state index is -0.875. The number of ether oxygens (including phenoxy) is 1. The monoisotopic (exact) mass is 551 g/mol. The summed E-state index contributed by atoms with van der Waals surface area (Å²) in [5.41, 5.74) is 3.62. The number of hydrogen-bond donors (Lipinski definition) is 2. The lowest BCUT2D eigenvalue weighted by molar-refractivity contribution is -0.141. The third-order valence-corrected chi connectivity index (χ3v) is 6.75. The molecular weight excluding hydrogens is 502 g/mol. The smallest absolute Gasteiger partial charge is 0.408 e. The Balaban J connectivity index is 2.59. The predicted molar refractivity (Wildman–Crippen MR) is 162 cm³/mol. The lowest BCUT2D eigenvalue weighted by atomic mass is 9.96. The lowest BCUT2D eigenvalue weighted by Gasteiger charge is -2.35. The zero-order valence-electron chi connectivity index (χ0n) is 25.9. The first-order chi connectivity index (χ1) is 18.7. The van der Waals surface area contributed by atoms with Gasteiger partial charge in [0.25, 0.3) is 5.91 Å². The molecule has 2 aromatic carbocycles. The first-order valence-electron chi connectivity index (χ1n) is 14.5. The van der Waals surface area contributed by atoms with Crippen LogP contribution in [0.3, 0.4) is 0 Å². The Morgan fingerprint density at radius 3 is 2.05 bits per heavy atom. The van der Waals surface area contributed by atoms with Crippen molar-refractivity contribution in [2.75, 3.05) is 11.9 Å². The first kappa shape index (κ1) is 32.9. The quantitative estimate of drug-likeness (QED) is 0.272. The van der Waals surface area contributed by atoms with Crippen molar-refractivity contribution < 1.29 is 19.1 Å². The normalized spacial score (nSPS) is 12.9. The molecule has 0 aromatic heterocycles. The maximum Gasteiger partial charge on any atom is 0.408 e. The Kier molecular flexibility index (Phi) is 12.2. The number of aryl methyl sites for hydroxylation is 3. The average Bonchev–Trinajstić information content (AvgIpc) is 2.84. The van der Waals surface area contributed by atoms with E-state index in [0.29, 0.717) is 13.0 Å². The lowest BCUT2D eigenvalue weighted by Crippen LogP contribution is -2.53. The van der Waals surface area contributed by atoms with Gasteiger partial charge in [-0.3, -0.25) is 9.59 Å². The highest BCUT2D eigenvalue weighted by Gasteiger charge is 2.37. The molecule has 2 N–H and O–H groups in total. The number of hydrogen-bond acceptors (Lipinski definition) is 4. The van der Waals surface area contributed by atoms with Crippen LogP contribution in [-0.4, -0.2) is 41.0 Å². The Bertz CT molecular complexity index is 1130. The molecule has 7 nitrogen and oxygen atoms in total. The summed E-state index contributed by atoms with van der Waals surface area (Å²) in [6.07, 6.45) is 2.39. The van der Waals surface area contributed by atoms with Crippen LogP contribution in [0.4, 0.5) is 10.5 Å². The number of anilines is 1. The third-order valence-electron chi connectivity index (χ3n) is 6.75. The van der Waals surface area contributed by atoms with Crippen molar-refractivity contribution in [3.05, 3.63) is 64.7 Å². The van der Waals surface area contributed by atoms with Gasteiger partial charge in [0, 0.05) is 12.2 Å². The molecule has 2 unspecified atom stereocenters. The Hall–Kier alpha value is -3.35. The number of para-hydroxylation sites is 1. The van der Waals surface area contributed by atoms with Gasteiger partial charge in [-0.05, 0) is 82.6 Å². The Morgan fingerprint density at radius 2 is 1.50 bits per heavy atom. The van der Waals surface area contributed by atoms with Crippen LogP contribution in [0.15, 0.2) is 42.5 Å². The van der Waals surface area contributed by atoms with E-state index in [1.807, 2.05) is 77.1 Å². The first-order valence-corrected chi connectivity index (χ1v) is 14.5. The van der Waals surface area contributed by atoms with Gasteiger partial charge >= 0.3 is 6.09 Å². The standard InChI is InChI=1S/C33H49N3O4/c1-10-11-14-20-36(31(38)27(21-22(2)3)34-32(39)40-33(7,8)9)29(26-19-13-12-16-23(26)4)30(37)35-28-24(5)17-15-18-25(28)6/h12-13,15-19,22,27,29H,10-11,14,20-21H2,1-9H3,(H,34,39)(H,35,37). The third kappa shape index (κ3) is 9.68. The van der Waals surface area contributed by atoms with Crippen molar-refractivity contribution in [2.24, 2.45) is 5.92 Å². The van der Waals surface area contributed by atoms with Crippen molar-refractivity contribution in [3.63, 3.8) is 0 Å². The maximum absolute atomic E-state index is 14.4. The second-order valence-electron chi connectivity index (χ2n) is 12.1. The molecular formula is C33H49N3O4. The number of nitrogens with zero attached hydrogens (tertiary/aromatic N) is 1. The van der Waals surface area contributed by atoms with Crippen molar-refractivity contribution >= 4 is 23.6 Å². The summed E-state index contributed by atoms with van der Waals surface area (Å²) < 4.78 is 5.50. The predicted octanol–water partition coefficient (Wildman–Crippen LogP) is 7.25. The molecule has 0 aliphatic rings. The molecule has 0 aliphatic carbocycles. The molecule has 0 heterocycles. The van der Waals surface area contributed by atoms with E-state index in [4.69, 9.17) is 4.74 Å². The van der Waals surface area contributed by atoms with Crippen molar-refractivity contribution in [1.82, 2.24) is 10.2 Å². The molecule has 0 saturated heterocycles. The highest BCUT2D eigenvalue weighted by Crippen LogP contribution is 2.29. The molecule has 0 bridgehead atoms. The van der Waals surface area contributed by atoms with E-state index >= 15 is 0 Å². The second-order valence-corrected chi connectivity index (χ2v) is 12.1. The fourth-order valence-corrected chi connectivity index (χ4v) is 4.79. The van der Waals surface area contributed by atoms with E-state index in [1.165, 1.54) is 0 Å². The Labute approximate surface area is 241 Å². The summed E-state index contributed by atoms with van der Waals surface area (Å²) in [5.74, 6) is -0.445.